The van der Waals surface area contributed by atoms with E-state index in [2.05, 4.69) is 10.2 Å². The van der Waals surface area contributed by atoms with Crippen LogP contribution in [0.25, 0.3) is 0 Å². The Labute approximate surface area is 163 Å². The third-order valence-electron chi connectivity index (χ3n) is 5.13. The molecule has 2 amide bonds. The van der Waals surface area contributed by atoms with Crippen molar-refractivity contribution in [1.82, 2.24) is 15.1 Å². The van der Waals surface area contributed by atoms with Crippen molar-refractivity contribution in [2.45, 2.75) is 18.9 Å². The Morgan fingerprint density at radius 1 is 1.21 bits per heavy atom. The maximum Gasteiger partial charge on any atom is 0.233 e. The first-order valence-electron chi connectivity index (χ1n) is 9.31. The zero-order valence-corrected chi connectivity index (χ0v) is 15.7. The third-order valence-corrected chi connectivity index (χ3v) is 5.13. The normalized spacial score (nSPS) is 21.8. The lowest BCUT2D eigenvalue weighted by molar-refractivity contribution is -0.135. The first-order valence-corrected chi connectivity index (χ1v) is 9.31. The van der Waals surface area contributed by atoms with Gasteiger partial charge in [0.05, 0.1) is 19.6 Å². The molecule has 2 unspecified atom stereocenters. The first-order chi connectivity index (χ1) is 13.6. The van der Waals surface area contributed by atoms with E-state index in [9.17, 15) is 9.59 Å². The maximum atomic E-state index is 12.9. The molecule has 0 bridgehead atoms. The Balaban J connectivity index is 1.37. The van der Waals surface area contributed by atoms with Gasteiger partial charge in [0.25, 0.3) is 0 Å². The lowest BCUT2D eigenvalue weighted by Gasteiger charge is -2.21. The summed E-state index contributed by atoms with van der Waals surface area (Å²) in [4.78, 5) is 28.9. The van der Waals surface area contributed by atoms with Crippen LogP contribution in [-0.2, 0) is 9.59 Å². The van der Waals surface area contributed by atoms with Gasteiger partial charge in [-0.2, -0.15) is 5.10 Å². The maximum absolute atomic E-state index is 12.9. The molecule has 0 spiro atoms. The van der Waals surface area contributed by atoms with Gasteiger partial charge in [0, 0.05) is 49.9 Å². The molecule has 2 aliphatic heterocycles. The molecule has 0 N–H and O–H groups in total. The minimum atomic E-state index is -0.339. The van der Waals surface area contributed by atoms with Crippen LogP contribution in [0.15, 0.2) is 42.6 Å². The number of rotatable bonds is 5. The van der Waals surface area contributed by atoms with Gasteiger partial charge in [-0.05, 0) is 18.2 Å². The van der Waals surface area contributed by atoms with Crippen molar-refractivity contribution in [2.75, 3.05) is 31.6 Å². The molecule has 28 heavy (non-hydrogen) atoms. The van der Waals surface area contributed by atoms with E-state index in [1.54, 1.807) is 35.2 Å². The van der Waals surface area contributed by atoms with Gasteiger partial charge in [-0.25, -0.2) is 0 Å². The number of aromatic nitrogens is 2. The van der Waals surface area contributed by atoms with E-state index >= 15 is 0 Å². The summed E-state index contributed by atoms with van der Waals surface area (Å²) >= 11 is 0. The fraction of sp³-hybridized carbons (Fsp3) is 0.400. The Kier molecular flexibility index (Phi) is 5.10. The van der Waals surface area contributed by atoms with Gasteiger partial charge in [0.1, 0.15) is 11.9 Å². The van der Waals surface area contributed by atoms with Gasteiger partial charge in [0.2, 0.25) is 17.7 Å². The number of benzene rings is 1. The first kappa shape index (κ1) is 18.2. The third kappa shape index (κ3) is 3.76. The molecular formula is C20H22N4O4. The predicted molar refractivity (Wildman–Crippen MR) is 101 cm³/mol. The van der Waals surface area contributed by atoms with E-state index in [0.29, 0.717) is 31.3 Å². The fourth-order valence-corrected chi connectivity index (χ4v) is 3.70. The Hall–Kier alpha value is -3.16. The lowest BCUT2D eigenvalue weighted by Crippen LogP contribution is -2.37. The van der Waals surface area contributed by atoms with Crippen molar-refractivity contribution in [3.63, 3.8) is 0 Å². The second-order valence-electron chi connectivity index (χ2n) is 6.98. The SMILES string of the molecule is COc1cccc(N2CC(C(=O)N3CCC(Oc4cccnn4)C3)CC2=O)c1. The Bertz CT molecular complexity index is 860. The number of hydrogen-bond acceptors (Lipinski definition) is 6. The highest BCUT2D eigenvalue weighted by molar-refractivity contribution is 6.00. The molecule has 0 radical (unpaired) electrons. The summed E-state index contributed by atoms with van der Waals surface area (Å²) in [6.07, 6.45) is 2.44. The second-order valence-corrected chi connectivity index (χ2v) is 6.98. The number of hydrogen-bond donors (Lipinski definition) is 0. The average molecular weight is 382 g/mol. The van der Waals surface area contributed by atoms with Crippen LogP contribution in [0.5, 0.6) is 11.6 Å². The molecule has 2 fully saturated rings. The number of ether oxygens (including phenoxy) is 2. The molecule has 1 aromatic carbocycles. The summed E-state index contributed by atoms with van der Waals surface area (Å²) < 4.78 is 11.0. The van der Waals surface area contributed by atoms with Gasteiger partial charge in [-0.1, -0.05) is 6.07 Å². The number of carbonyl (C=O) groups is 2. The van der Waals surface area contributed by atoms with Crippen molar-refractivity contribution in [1.29, 1.82) is 0 Å². The van der Waals surface area contributed by atoms with Gasteiger partial charge < -0.3 is 19.3 Å². The van der Waals surface area contributed by atoms with Crippen LogP contribution < -0.4 is 14.4 Å². The van der Waals surface area contributed by atoms with Gasteiger partial charge in [-0.15, -0.1) is 5.10 Å². The molecule has 1 aromatic heterocycles. The topological polar surface area (TPSA) is 84.9 Å². The van der Waals surface area contributed by atoms with Gasteiger partial charge in [-0.3, -0.25) is 9.59 Å². The minimum absolute atomic E-state index is 0.00370. The number of methoxy groups -OCH3 is 1. The number of amides is 2. The van der Waals surface area contributed by atoms with E-state index in [1.165, 1.54) is 0 Å². The van der Waals surface area contributed by atoms with Crippen molar-refractivity contribution >= 4 is 17.5 Å². The van der Waals surface area contributed by atoms with Crippen molar-refractivity contribution in [3.05, 3.63) is 42.6 Å². The molecule has 2 aliphatic rings. The van der Waals surface area contributed by atoms with Crippen LogP contribution in [0.1, 0.15) is 12.8 Å². The monoisotopic (exact) mass is 382 g/mol. The molecule has 3 heterocycles. The van der Waals surface area contributed by atoms with Crippen LogP contribution in [0.3, 0.4) is 0 Å². The van der Waals surface area contributed by atoms with Crippen LogP contribution in [-0.4, -0.2) is 59.8 Å². The summed E-state index contributed by atoms with van der Waals surface area (Å²) in [5.74, 6) is 0.766. The molecule has 2 saturated heterocycles. The van der Waals surface area contributed by atoms with Crippen LogP contribution in [0, 0.1) is 5.92 Å². The van der Waals surface area contributed by atoms with E-state index in [-0.39, 0.29) is 30.3 Å². The van der Waals surface area contributed by atoms with Crippen molar-refractivity contribution in [2.24, 2.45) is 5.92 Å². The van der Waals surface area contributed by atoms with Crippen molar-refractivity contribution in [3.8, 4) is 11.6 Å². The number of likely N-dealkylation sites (tertiary alicyclic amines) is 1. The summed E-state index contributed by atoms with van der Waals surface area (Å²) in [6, 6.07) is 10.8. The molecule has 2 aromatic rings. The summed E-state index contributed by atoms with van der Waals surface area (Å²) in [5, 5.41) is 7.71. The number of anilines is 1. The quantitative estimate of drug-likeness (QED) is 0.780. The molecule has 0 aliphatic carbocycles. The number of nitrogens with zero attached hydrogens (tertiary/aromatic N) is 4. The van der Waals surface area contributed by atoms with Crippen LogP contribution in [0.2, 0.25) is 0 Å². The number of carbonyl (C=O) groups excluding carboxylic acids is 2. The largest absolute Gasteiger partial charge is 0.497 e. The summed E-state index contributed by atoms with van der Waals surface area (Å²) in [7, 11) is 1.59. The van der Waals surface area contributed by atoms with Gasteiger partial charge >= 0.3 is 0 Å². The zero-order chi connectivity index (χ0) is 19.5. The summed E-state index contributed by atoms with van der Waals surface area (Å²) in [6.45, 7) is 1.50. The molecule has 8 heteroatoms. The second kappa shape index (κ2) is 7.84. The van der Waals surface area contributed by atoms with Crippen molar-refractivity contribution < 1.29 is 19.1 Å². The molecule has 146 valence electrons. The van der Waals surface area contributed by atoms with Crippen LogP contribution >= 0.6 is 0 Å². The summed E-state index contributed by atoms with van der Waals surface area (Å²) in [5.41, 5.74) is 0.755. The van der Waals surface area contributed by atoms with E-state index in [0.717, 1.165) is 12.1 Å². The lowest BCUT2D eigenvalue weighted by atomic mass is 10.1. The van der Waals surface area contributed by atoms with E-state index in [4.69, 9.17) is 9.47 Å². The molecular weight excluding hydrogens is 360 g/mol. The van der Waals surface area contributed by atoms with E-state index < -0.39 is 0 Å². The van der Waals surface area contributed by atoms with Gasteiger partial charge in [0.15, 0.2) is 0 Å². The highest BCUT2D eigenvalue weighted by Crippen LogP contribution is 2.29. The highest BCUT2D eigenvalue weighted by Gasteiger charge is 2.39. The fourth-order valence-electron chi connectivity index (χ4n) is 3.70. The molecule has 2 atom stereocenters. The smallest absolute Gasteiger partial charge is 0.233 e. The molecule has 0 saturated carbocycles. The zero-order valence-electron chi connectivity index (χ0n) is 15.7. The molecule has 4 rings (SSSR count). The Morgan fingerprint density at radius 2 is 2.11 bits per heavy atom. The Morgan fingerprint density at radius 3 is 2.89 bits per heavy atom. The predicted octanol–water partition coefficient (Wildman–Crippen LogP) is 1.52. The van der Waals surface area contributed by atoms with E-state index in [1.807, 2.05) is 24.3 Å². The minimum Gasteiger partial charge on any atom is -0.497 e. The average Bonchev–Trinajstić information content (AvgIpc) is 3.35. The standard InChI is InChI=1S/C20H22N4O4/c1-27-16-5-2-4-15(11-16)24-12-14(10-19(24)25)20(26)23-9-7-17(13-23)28-18-6-3-8-21-22-18/h2-6,8,11,14,17H,7,9-10,12-13H2,1H3. The molecule has 8 nitrogen and oxygen atoms in total. The van der Waals surface area contributed by atoms with Crippen LogP contribution in [0.4, 0.5) is 5.69 Å². The highest BCUT2D eigenvalue weighted by atomic mass is 16.5.